The zero-order valence-electron chi connectivity index (χ0n) is 7.00. The van der Waals surface area contributed by atoms with Crippen molar-refractivity contribution in [2.24, 2.45) is 0 Å². The summed E-state index contributed by atoms with van der Waals surface area (Å²) in [5, 5.41) is 14.5. The maximum absolute atomic E-state index is 10.1. The van der Waals surface area contributed by atoms with Crippen molar-refractivity contribution in [2.45, 2.75) is 32.0 Å². The van der Waals surface area contributed by atoms with Crippen LogP contribution in [0.3, 0.4) is 0 Å². The van der Waals surface area contributed by atoms with Crippen molar-refractivity contribution in [1.29, 1.82) is 0 Å². The summed E-state index contributed by atoms with van der Waals surface area (Å²) in [5.74, 6) is 0. The van der Waals surface area contributed by atoms with Gasteiger partial charge in [-0.1, -0.05) is 13.3 Å². The van der Waals surface area contributed by atoms with Crippen LogP contribution in [0, 0.1) is 0 Å². The highest BCUT2D eigenvalue weighted by atomic mass is 16.3. The summed E-state index contributed by atoms with van der Waals surface area (Å²) in [5.41, 5.74) is 0. The van der Waals surface area contributed by atoms with Crippen LogP contribution in [0.5, 0.6) is 0 Å². The van der Waals surface area contributed by atoms with Crippen molar-refractivity contribution < 1.29 is 9.90 Å². The Morgan fingerprint density at radius 1 is 1.64 bits per heavy atom. The molecule has 4 heteroatoms. The van der Waals surface area contributed by atoms with Gasteiger partial charge in [0.05, 0.1) is 6.04 Å². The van der Waals surface area contributed by atoms with Crippen molar-refractivity contribution >= 4 is 6.41 Å². The third-order valence-corrected chi connectivity index (χ3v) is 1.56. The summed E-state index contributed by atoms with van der Waals surface area (Å²) < 4.78 is 0. The molecular formula is C7H16N2O2. The Hall–Kier alpha value is -0.610. The first-order chi connectivity index (χ1) is 5.26. The third kappa shape index (κ3) is 3.95. The van der Waals surface area contributed by atoms with Crippen molar-refractivity contribution in [3.8, 4) is 0 Å². The van der Waals surface area contributed by atoms with Crippen molar-refractivity contribution in [3.05, 3.63) is 0 Å². The molecule has 0 aromatic heterocycles. The SMILES string of the molecule is CCC[C@H](NC=O)C(O)NC. The van der Waals surface area contributed by atoms with Gasteiger partial charge in [-0.2, -0.15) is 0 Å². The second-order valence-electron chi connectivity index (χ2n) is 2.41. The monoisotopic (exact) mass is 160 g/mol. The highest BCUT2D eigenvalue weighted by Gasteiger charge is 2.14. The van der Waals surface area contributed by atoms with E-state index in [1.807, 2.05) is 6.92 Å². The Morgan fingerprint density at radius 3 is 2.64 bits per heavy atom. The number of hydrogen-bond donors (Lipinski definition) is 3. The smallest absolute Gasteiger partial charge is 0.207 e. The van der Waals surface area contributed by atoms with Crippen LogP contribution in [0.25, 0.3) is 0 Å². The van der Waals surface area contributed by atoms with Crippen LogP contribution < -0.4 is 10.6 Å². The average molecular weight is 160 g/mol. The van der Waals surface area contributed by atoms with Gasteiger partial charge in [0.2, 0.25) is 6.41 Å². The molecule has 0 spiro atoms. The molecule has 0 aliphatic rings. The van der Waals surface area contributed by atoms with Gasteiger partial charge in [0.15, 0.2) is 0 Å². The summed E-state index contributed by atoms with van der Waals surface area (Å²) in [6.45, 7) is 2.00. The standard InChI is InChI=1S/C7H16N2O2/c1-3-4-6(9-5-10)7(11)8-2/h5-8,11H,3-4H2,1-2H3,(H,9,10)/t6-,7?/m0/s1. The van der Waals surface area contributed by atoms with Crippen molar-refractivity contribution in [3.63, 3.8) is 0 Å². The first kappa shape index (κ1) is 10.4. The number of carbonyl (C=O) groups is 1. The zero-order chi connectivity index (χ0) is 8.69. The summed E-state index contributed by atoms with van der Waals surface area (Å²) in [7, 11) is 1.65. The third-order valence-electron chi connectivity index (χ3n) is 1.56. The maximum atomic E-state index is 10.1. The van der Waals surface area contributed by atoms with E-state index in [9.17, 15) is 9.90 Å². The molecule has 2 atom stereocenters. The molecule has 0 saturated carbocycles. The zero-order valence-corrected chi connectivity index (χ0v) is 7.00. The van der Waals surface area contributed by atoms with E-state index < -0.39 is 6.23 Å². The minimum Gasteiger partial charge on any atom is -0.376 e. The van der Waals surface area contributed by atoms with E-state index in [2.05, 4.69) is 10.6 Å². The highest BCUT2D eigenvalue weighted by molar-refractivity contribution is 5.46. The minimum absolute atomic E-state index is 0.178. The van der Waals surface area contributed by atoms with Gasteiger partial charge in [-0.15, -0.1) is 0 Å². The van der Waals surface area contributed by atoms with Crippen LogP contribution in [0.2, 0.25) is 0 Å². The average Bonchev–Trinajstić information content (AvgIpc) is 2.03. The molecule has 0 aliphatic heterocycles. The van der Waals surface area contributed by atoms with Gasteiger partial charge >= 0.3 is 0 Å². The molecule has 1 amide bonds. The van der Waals surface area contributed by atoms with Crippen LogP contribution in [0.1, 0.15) is 19.8 Å². The van der Waals surface area contributed by atoms with E-state index in [1.165, 1.54) is 0 Å². The lowest BCUT2D eigenvalue weighted by molar-refractivity contribution is -0.111. The Balaban J connectivity index is 3.75. The molecule has 0 bridgehead atoms. The predicted octanol–water partition coefficient (Wildman–Crippen LogP) is -0.561. The fraction of sp³-hybridized carbons (Fsp3) is 0.857. The van der Waals surface area contributed by atoms with Gasteiger partial charge < -0.3 is 10.4 Å². The molecule has 4 nitrogen and oxygen atoms in total. The Kier molecular flexibility index (Phi) is 5.78. The lowest BCUT2D eigenvalue weighted by Gasteiger charge is -2.20. The van der Waals surface area contributed by atoms with E-state index in [1.54, 1.807) is 7.05 Å². The number of nitrogens with one attached hydrogen (secondary N) is 2. The molecule has 0 aliphatic carbocycles. The van der Waals surface area contributed by atoms with Gasteiger partial charge in [-0.05, 0) is 13.5 Å². The van der Waals surface area contributed by atoms with E-state index in [0.717, 1.165) is 12.8 Å². The van der Waals surface area contributed by atoms with Crippen LogP contribution in [0.15, 0.2) is 0 Å². The van der Waals surface area contributed by atoms with Crippen molar-refractivity contribution in [2.75, 3.05) is 7.05 Å². The fourth-order valence-electron chi connectivity index (χ4n) is 0.932. The lowest BCUT2D eigenvalue weighted by Crippen LogP contribution is -2.46. The van der Waals surface area contributed by atoms with Crippen LogP contribution in [-0.2, 0) is 4.79 Å². The summed E-state index contributed by atoms with van der Waals surface area (Å²) in [6, 6.07) is -0.178. The minimum atomic E-state index is -0.653. The fourth-order valence-corrected chi connectivity index (χ4v) is 0.932. The number of likely N-dealkylation sites (N-methyl/N-ethyl adjacent to an activating group) is 1. The van der Waals surface area contributed by atoms with E-state index in [-0.39, 0.29) is 6.04 Å². The second-order valence-corrected chi connectivity index (χ2v) is 2.41. The first-order valence-corrected chi connectivity index (χ1v) is 3.81. The number of rotatable bonds is 6. The number of aliphatic hydroxyl groups is 1. The molecule has 0 aromatic rings. The number of hydrogen-bond acceptors (Lipinski definition) is 3. The quantitative estimate of drug-likeness (QED) is 0.360. The summed E-state index contributed by atoms with van der Waals surface area (Å²) in [4.78, 5) is 10.1. The van der Waals surface area contributed by atoms with Crippen molar-refractivity contribution in [1.82, 2.24) is 10.6 Å². The maximum Gasteiger partial charge on any atom is 0.207 e. The van der Waals surface area contributed by atoms with Gasteiger partial charge in [0, 0.05) is 0 Å². The van der Waals surface area contributed by atoms with E-state index in [0.29, 0.717) is 6.41 Å². The second kappa shape index (κ2) is 6.12. The predicted molar refractivity (Wildman–Crippen MR) is 43.0 cm³/mol. The first-order valence-electron chi connectivity index (χ1n) is 3.81. The Bertz CT molecular complexity index is 109. The van der Waals surface area contributed by atoms with Crippen LogP contribution in [-0.4, -0.2) is 30.8 Å². The molecule has 11 heavy (non-hydrogen) atoms. The lowest BCUT2D eigenvalue weighted by atomic mass is 10.1. The molecule has 0 saturated heterocycles. The Morgan fingerprint density at radius 2 is 2.27 bits per heavy atom. The molecule has 1 unspecified atom stereocenters. The molecule has 3 N–H and O–H groups in total. The summed E-state index contributed by atoms with van der Waals surface area (Å²) in [6.07, 6.45) is 1.67. The van der Waals surface area contributed by atoms with Crippen LogP contribution >= 0.6 is 0 Å². The van der Waals surface area contributed by atoms with Gasteiger partial charge in [-0.25, -0.2) is 0 Å². The number of carbonyl (C=O) groups excluding carboxylic acids is 1. The molecule has 0 rings (SSSR count). The summed E-state index contributed by atoms with van der Waals surface area (Å²) >= 11 is 0. The van der Waals surface area contributed by atoms with Gasteiger partial charge in [-0.3, -0.25) is 10.1 Å². The topological polar surface area (TPSA) is 61.4 Å². The normalized spacial score (nSPS) is 15.5. The molecule has 0 radical (unpaired) electrons. The van der Waals surface area contributed by atoms with Crippen LogP contribution in [0.4, 0.5) is 0 Å². The molecular weight excluding hydrogens is 144 g/mol. The molecule has 0 aromatic carbocycles. The van der Waals surface area contributed by atoms with E-state index >= 15 is 0 Å². The molecule has 0 heterocycles. The largest absolute Gasteiger partial charge is 0.376 e. The molecule has 66 valence electrons. The van der Waals surface area contributed by atoms with Gasteiger partial charge in [0.25, 0.3) is 0 Å². The van der Waals surface area contributed by atoms with Gasteiger partial charge in [0.1, 0.15) is 6.23 Å². The highest BCUT2D eigenvalue weighted by Crippen LogP contribution is 1.98. The number of amides is 1. The number of aliphatic hydroxyl groups excluding tert-OH is 1. The Labute approximate surface area is 67.0 Å². The van der Waals surface area contributed by atoms with E-state index in [4.69, 9.17) is 0 Å². The molecule has 0 fully saturated rings.